The van der Waals surface area contributed by atoms with Crippen LogP contribution in [0.5, 0.6) is 0 Å². The molecular weight excluding hydrogens is 194 g/mol. The van der Waals surface area contributed by atoms with Crippen LogP contribution in [0.4, 0.5) is 0 Å². The quantitative estimate of drug-likeness (QED) is 0.488. The molecule has 1 rings (SSSR count). The van der Waals surface area contributed by atoms with Gasteiger partial charge in [-0.05, 0) is 6.42 Å². The van der Waals surface area contributed by atoms with Crippen LogP contribution in [0.3, 0.4) is 0 Å². The Bertz CT molecular complexity index is 158. The molecule has 0 aromatic rings. The molecule has 1 fully saturated rings. The molecule has 0 aromatic heterocycles. The van der Waals surface area contributed by atoms with Crippen molar-refractivity contribution in [3.05, 3.63) is 12.7 Å². The second-order valence-corrected chi connectivity index (χ2v) is 3.43. The lowest BCUT2D eigenvalue weighted by atomic mass is 10.4. The van der Waals surface area contributed by atoms with Crippen molar-refractivity contribution < 1.29 is 4.79 Å². The number of carbonyl (C=O) groups excluding carboxylic acids is 1. The molecule has 2 nitrogen and oxygen atoms in total. The molecule has 1 atom stereocenters. The van der Waals surface area contributed by atoms with Gasteiger partial charge in [-0.2, -0.15) is 0 Å². The number of amides is 1. The fourth-order valence-electron chi connectivity index (χ4n) is 1.04. The molecule has 0 spiro atoms. The van der Waals surface area contributed by atoms with Crippen LogP contribution in [0.25, 0.3) is 0 Å². The molecule has 3 heteroatoms. The normalized spacial score (nSPS) is 25.5. The second kappa shape index (κ2) is 3.19. The molecule has 0 bridgehead atoms. The number of halogens is 1. The van der Waals surface area contributed by atoms with Crippen molar-refractivity contribution in [3.8, 4) is 0 Å². The van der Waals surface area contributed by atoms with Gasteiger partial charge in [0, 0.05) is 13.1 Å². The number of alkyl halides is 1. The summed E-state index contributed by atoms with van der Waals surface area (Å²) >= 11 is 3.29. The summed E-state index contributed by atoms with van der Waals surface area (Å²) in [6, 6.07) is 0. The molecule has 0 radical (unpaired) electrons. The van der Waals surface area contributed by atoms with Gasteiger partial charge >= 0.3 is 0 Å². The van der Waals surface area contributed by atoms with Crippen molar-refractivity contribution in [3.63, 3.8) is 0 Å². The average molecular weight is 204 g/mol. The van der Waals surface area contributed by atoms with Crippen LogP contribution < -0.4 is 0 Å². The first-order valence-electron chi connectivity index (χ1n) is 3.29. The Labute approximate surface area is 69.0 Å². The molecule has 0 aromatic carbocycles. The molecule has 0 aliphatic carbocycles. The molecule has 1 heterocycles. The van der Waals surface area contributed by atoms with Crippen LogP contribution in [0.15, 0.2) is 12.7 Å². The standard InChI is InChI=1S/C7H10BrNO/c1-2-4-9-5-3-6(8)7(9)10/h2,6H,1,3-5H2/t6-/m1/s1. The van der Waals surface area contributed by atoms with Crippen molar-refractivity contribution in [1.82, 2.24) is 4.90 Å². The van der Waals surface area contributed by atoms with E-state index in [9.17, 15) is 4.79 Å². The van der Waals surface area contributed by atoms with Gasteiger partial charge in [-0.15, -0.1) is 6.58 Å². The Hall–Kier alpha value is -0.310. The van der Waals surface area contributed by atoms with Crippen LogP contribution in [-0.2, 0) is 4.79 Å². The van der Waals surface area contributed by atoms with Gasteiger partial charge in [-0.3, -0.25) is 4.79 Å². The van der Waals surface area contributed by atoms with Gasteiger partial charge in [0.2, 0.25) is 5.91 Å². The zero-order valence-electron chi connectivity index (χ0n) is 5.72. The molecular formula is C7H10BrNO. The summed E-state index contributed by atoms with van der Waals surface area (Å²) in [5, 5.41) is 0. The number of hydrogen-bond acceptors (Lipinski definition) is 1. The van der Waals surface area contributed by atoms with Gasteiger partial charge in [0.1, 0.15) is 0 Å². The number of likely N-dealkylation sites (tertiary alicyclic amines) is 1. The second-order valence-electron chi connectivity index (χ2n) is 2.33. The number of nitrogens with zero attached hydrogens (tertiary/aromatic N) is 1. The zero-order valence-corrected chi connectivity index (χ0v) is 7.30. The Balaban J connectivity index is 2.48. The minimum absolute atomic E-state index is 0.0486. The molecule has 0 saturated carbocycles. The third kappa shape index (κ3) is 1.40. The molecule has 1 amide bonds. The summed E-state index contributed by atoms with van der Waals surface area (Å²) in [5.41, 5.74) is 0. The number of carbonyl (C=O) groups is 1. The van der Waals surface area contributed by atoms with Crippen LogP contribution in [0, 0.1) is 0 Å². The van der Waals surface area contributed by atoms with E-state index in [0.29, 0.717) is 6.54 Å². The van der Waals surface area contributed by atoms with Gasteiger partial charge in [0.05, 0.1) is 4.83 Å². The van der Waals surface area contributed by atoms with E-state index in [-0.39, 0.29) is 10.7 Å². The SMILES string of the molecule is C=CCN1CC[C@@H](Br)C1=O. The van der Waals surface area contributed by atoms with Gasteiger partial charge in [0.15, 0.2) is 0 Å². The highest BCUT2D eigenvalue weighted by Crippen LogP contribution is 2.17. The average Bonchev–Trinajstić information content (AvgIpc) is 2.20. The van der Waals surface area contributed by atoms with Crippen molar-refractivity contribution in [2.24, 2.45) is 0 Å². The summed E-state index contributed by atoms with van der Waals surface area (Å²) in [6.45, 7) is 5.12. The Kier molecular flexibility index (Phi) is 2.49. The lowest BCUT2D eigenvalue weighted by Gasteiger charge is -2.11. The minimum atomic E-state index is 0.0486. The van der Waals surface area contributed by atoms with E-state index in [4.69, 9.17) is 0 Å². The largest absolute Gasteiger partial charge is 0.338 e. The third-order valence-electron chi connectivity index (χ3n) is 1.58. The molecule has 10 heavy (non-hydrogen) atoms. The van der Waals surface area contributed by atoms with Gasteiger partial charge in [-0.1, -0.05) is 22.0 Å². The highest BCUT2D eigenvalue weighted by molar-refractivity contribution is 9.10. The van der Waals surface area contributed by atoms with E-state index >= 15 is 0 Å². The van der Waals surface area contributed by atoms with E-state index in [0.717, 1.165) is 13.0 Å². The molecule has 1 aliphatic rings. The number of rotatable bonds is 2. The molecule has 56 valence electrons. The Morgan fingerprint density at radius 2 is 2.60 bits per heavy atom. The lowest BCUT2D eigenvalue weighted by molar-refractivity contribution is -0.126. The highest BCUT2D eigenvalue weighted by atomic mass is 79.9. The van der Waals surface area contributed by atoms with E-state index in [1.165, 1.54) is 0 Å². The maximum atomic E-state index is 11.1. The predicted octanol–water partition coefficient (Wildman–Crippen LogP) is 1.17. The highest BCUT2D eigenvalue weighted by Gasteiger charge is 2.27. The predicted molar refractivity (Wildman–Crippen MR) is 44.1 cm³/mol. The van der Waals surface area contributed by atoms with E-state index < -0.39 is 0 Å². The van der Waals surface area contributed by atoms with Crippen LogP contribution in [0.2, 0.25) is 0 Å². The summed E-state index contributed by atoms with van der Waals surface area (Å²) in [5.74, 6) is 0.194. The zero-order chi connectivity index (χ0) is 7.56. The van der Waals surface area contributed by atoms with Crippen molar-refractivity contribution in [2.45, 2.75) is 11.2 Å². The topological polar surface area (TPSA) is 20.3 Å². The summed E-state index contributed by atoms with van der Waals surface area (Å²) in [6.07, 6.45) is 2.68. The smallest absolute Gasteiger partial charge is 0.236 e. The van der Waals surface area contributed by atoms with Crippen molar-refractivity contribution in [2.75, 3.05) is 13.1 Å². The summed E-state index contributed by atoms with van der Waals surface area (Å²) in [7, 11) is 0. The van der Waals surface area contributed by atoms with Gasteiger partial charge in [-0.25, -0.2) is 0 Å². The fourth-order valence-corrected chi connectivity index (χ4v) is 1.53. The van der Waals surface area contributed by atoms with E-state index in [1.807, 2.05) is 0 Å². The fraction of sp³-hybridized carbons (Fsp3) is 0.571. The maximum Gasteiger partial charge on any atom is 0.236 e. The molecule has 0 unspecified atom stereocenters. The minimum Gasteiger partial charge on any atom is -0.338 e. The molecule has 1 aliphatic heterocycles. The Morgan fingerprint density at radius 1 is 1.90 bits per heavy atom. The first-order chi connectivity index (χ1) is 4.75. The summed E-state index contributed by atoms with van der Waals surface area (Å²) in [4.78, 5) is 13.0. The molecule has 0 N–H and O–H groups in total. The Morgan fingerprint density at radius 3 is 3.00 bits per heavy atom. The monoisotopic (exact) mass is 203 g/mol. The van der Waals surface area contributed by atoms with Crippen LogP contribution in [-0.4, -0.2) is 28.7 Å². The first kappa shape index (κ1) is 7.79. The van der Waals surface area contributed by atoms with E-state index in [2.05, 4.69) is 22.5 Å². The maximum absolute atomic E-state index is 11.1. The molecule has 1 saturated heterocycles. The van der Waals surface area contributed by atoms with Crippen LogP contribution in [0.1, 0.15) is 6.42 Å². The van der Waals surface area contributed by atoms with Crippen LogP contribution >= 0.6 is 15.9 Å². The van der Waals surface area contributed by atoms with Gasteiger partial charge in [0.25, 0.3) is 0 Å². The first-order valence-corrected chi connectivity index (χ1v) is 4.21. The van der Waals surface area contributed by atoms with Crippen molar-refractivity contribution in [1.29, 1.82) is 0 Å². The lowest BCUT2D eigenvalue weighted by Crippen LogP contribution is -2.27. The summed E-state index contributed by atoms with van der Waals surface area (Å²) < 4.78 is 0. The van der Waals surface area contributed by atoms with Crippen molar-refractivity contribution >= 4 is 21.8 Å². The third-order valence-corrected chi connectivity index (χ3v) is 2.43. The number of hydrogen-bond donors (Lipinski definition) is 0. The van der Waals surface area contributed by atoms with E-state index in [1.54, 1.807) is 11.0 Å². The van der Waals surface area contributed by atoms with Gasteiger partial charge < -0.3 is 4.90 Å².